The van der Waals surface area contributed by atoms with Gasteiger partial charge < -0.3 is 9.72 Å². The molecule has 0 aliphatic heterocycles. The van der Waals surface area contributed by atoms with Gasteiger partial charge in [0, 0.05) is 0 Å². The van der Waals surface area contributed by atoms with Crippen LogP contribution in [0.15, 0.2) is 36.4 Å². The van der Waals surface area contributed by atoms with Crippen molar-refractivity contribution in [3.05, 3.63) is 57.7 Å². The first-order chi connectivity index (χ1) is 10.6. The van der Waals surface area contributed by atoms with E-state index in [1.165, 1.54) is 6.07 Å². The molecule has 0 atom stereocenters. The lowest BCUT2D eigenvalue weighted by atomic mass is 10.2. The summed E-state index contributed by atoms with van der Waals surface area (Å²) < 4.78 is 5.19. The van der Waals surface area contributed by atoms with E-state index in [-0.39, 0.29) is 28.2 Å². The molecule has 0 bridgehead atoms. The van der Waals surface area contributed by atoms with E-state index in [1.807, 2.05) is 42.5 Å². The SMILES string of the molecule is N#Cc1cc(C#N)c(=S)[nH]c1NC(=O)OCc1ccccc1. The summed E-state index contributed by atoms with van der Waals surface area (Å²) in [6.45, 7) is 0.103. The summed E-state index contributed by atoms with van der Waals surface area (Å²) in [7, 11) is 0. The van der Waals surface area contributed by atoms with Gasteiger partial charge in [-0.1, -0.05) is 42.5 Å². The fraction of sp³-hybridized carbons (Fsp3) is 0.0667. The number of aromatic nitrogens is 1. The Balaban J connectivity index is 2.09. The van der Waals surface area contributed by atoms with Gasteiger partial charge in [-0.15, -0.1) is 0 Å². The van der Waals surface area contributed by atoms with Crippen LogP contribution < -0.4 is 5.32 Å². The maximum Gasteiger partial charge on any atom is 0.413 e. The van der Waals surface area contributed by atoms with Crippen molar-refractivity contribution < 1.29 is 9.53 Å². The van der Waals surface area contributed by atoms with Gasteiger partial charge in [-0.05, 0) is 11.6 Å². The van der Waals surface area contributed by atoms with Crippen molar-refractivity contribution in [2.45, 2.75) is 6.61 Å². The highest BCUT2D eigenvalue weighted by molar-refractivity contribution is 7.71. The monoisotopic (exact) mass is 310 g/mol. The Labute approximate surface area is 131 Å². The number of nitrogens with one attached hydrogen (secondary N) is 2. The Hall–Kier alpha value is -3.16. The molecule has 1 amide bonds. The van der Waals surface area contributed by atoms with Gasteiger partial charge in [0.1, 0.15) is 29.2 Å². The van der Waals surface area contributed by atoms with Crippen LogP contribution in [0.1, 0.15) is 16.7 Å². The Bertz CT molecular complexity index is 831. The van der Waals surface area contributed by atoms with Crippen molar-refractivity contribution in [2.24, 2.45) is 0 Å². The molecule has 7 heteroatoms. The van der Waals surface area contributed by atoms with Gasteiger partial charge in [0.25, 0.3) is 0 Å². The maximum atomic E-state index is 11.8. The molecule has 2 aromatic rings. The number of nitrogens with zero attached hydrogens (tertiary/aromatic N) is 2. The van der Waals surface area contributed by atoms with Gasteiger partial charge in [0.05, 0.1) is 11.1 Å². The summed E-state index contributed by atoms with van der Waals surface area (Å²) in [5, 5.41) is 20.3. The van der Waals surface area contributed by atoms with E-state index in [2.05, 4.69) is 10.3 Å². The molecule has 0 spiro atoms. The lowest BCUT2D eigenvalue weighted by Gasteiger charge is -2.08. The molecule has 6 nitrogen and oxygen atoms in total. The number of carbonyl (C=O) groups is 1. The second-order valence-corrected chi connectivity index (χ2v) is 4.62. The summed E-state index contributed by atoms with van der Waals surface area (Å²) in [4.78, 5) is 14.4. The molecule has 2 rings (SSSR count). The van der Waals surface area contributed by atoms with E-state index in [9.17, 15) is 4.79 Å². The number of anilines is 1. The first kappa shape index (κ1) is 15.2. The van der Waals surface area contributed by atoms with Gasteiger partial charge in [-0.25, -0.2) is 4.79 Å². The van der Waals surface area contributed by atoms with Crippen molar-refractivity contribution in [1.29, 1.82) is 10.5 Å². The van der Waals surface area contributed by atoms with Crippen LogP contribution in [0.4, 0.5) is 10.6 Å². The number of carbonyl (C=O) groups excluding carboxylic acids is 1. The van der Waals surface area contributed by atoms with E-state index < -0.39 is 6.09 Å². The summed E-state index contributed by atoms with van der Waals surface area (Å²) in [6, 6.07) is 14.2. The van der Waals surface area contributed by atoms with Gasteiger partial charge in [0.2, 0.25) is 0 Å². The number of amides is 1. The maximum absolute atomic E-state index is 11.8. The molecule has 0 aliphatic carbocycles. The Morgan fingerprint density at radius 2 is 1.91 bits per heavy atom. The van der Waals surface area contributed by atoms with Crippen LogP contribution in [0.5, 0.6) is 0 Å². The number of nitriles is 2. The third-order valence-electron chi connectivity index (χ3n) is 2.72. The fourth-order valence-corrected chi connectivity index (χ4v) is 1.87. The normalized spacial score (nSPS) is 9.36. The first-order valence-corrected chi connectivity index (χ1v) is 6.60. The Morgan fingerprint density at radius 1 is 1.23 bits per heavy atom. The second-order valence-electron chi connectivity index (χ2n) is 4.21. The minimum absolute atomic E-state index is 0.0989. The number of hydrogen-bond acceptors (Lipinski definition) is 5. The fourth-order valence-electron chi connectivity index (χ4n) is 1.66. The number of benzene rings is 1. The molecule has 1 heterocycles. The molecule has 0 unspecified atom stereocenters. The third kappa shape index (κ3) is 3.69. The van der Waals surface area contributed by atoms with Crippen molar-refractivity contribution in [1.82, 2.24) is 4.98 Å². The number of rotatable bonds is 3. The minimum Gasteiger partial charge on any atom is -0.444 e. The number of ether oxygens (including phenoxy) is 1. The van der Waals surface area contributed by atoms with Gasteiger partial charge in [0.15, 0.2) is 0 Å². The Morgan fingerprint density at radius 3 is 2.55 bits per heavy atom. The zero-order valence-electron chi connectivity index (χ0n) is 11.3. The number of pyridine rings is 1. The lowest BCUT2D eigenvalue weighted by molar-refractivity contribution is 0.155. The van der Waals surface area contributed by atoms with E-state index in [0.717, 1.165) is 5.56 Å². The summed E-state index contributed by atoms with van der Waals surface area (Å²) in [5.41, 5.74) is 1.10. The molecular formula is C15H10N4O2S. The van der Waals surface area contributed by atoms with Crippen molar-refractivity contribution in [3.63, 3.8) is 0 Å². The molecule has 0 saturated heterocycles. The van der Waals surface area contributed by atoms with Crippen molar-refractivity contribution in [2.75, 3.05) is 5.32 Å². The molecule has 0 saturated carbocycles. The molecule has 2 N–H and O–H groups in total. The molecular weight excluding hydrogens is 300 g/mol. The lowest BCUT2D eigenvalue weighted by Crippen LogP contribution is -2.15. The smallest absolute Gasteiger partial charge is 0.413 e. The quantitative estimate of drug-likeness (QED) is 0.847. The van der Waals surface area contributed by atoms with E-state index >= 15 is 0 Å². The Kier molecular flexibility index (Phi) is 4.86. The largest absolute Gasteiger partial charge is 0.444 e. The molecule has 1 aromatic carbocycles. The summed E-state index contributed by atoms with van der Waals surface area (Å²) >= 11 is 4.96. The molecule has 0 aliphatic rings. The van der Waals surface area contributed by atoms with Crippen LogP contribution in [0, 0.1) is 27.3 Å². The van der Waals surface area contributed by atoms with Crippen LogP contribution in [-0.4, -0.2) is 11.1 Å². The van der Waals surface area contributed by atoms with Crippen LogP contribution in [0.3, 0.4) is 0 Å². The number of aromatic amines is 1. The zero-order valence-corrected chi connectivity index (χ0v) is 12.1. The minimum atomic E-state index is -0.726. The molecule has 0 radical (unpaired) electrons. The topological polar surface area (TPSA) is 102 Å². The van der Waals surface area contributed by atoms with E-state index in [1.54, 1.807) is 0 Å². The van der Waals surface area contributed by atoms with Crippen LogP contribution in [0.25, 0.3) is 0 Å². The number of H-pyrrole nitrogens is 1. The van der Waals surface area contributed by atoms with Crippen LogP contribution in [0.2, 0.25) is 0 Å². The second kappa shape index (κ2) is 7.02. The third-order valence-corrected chi connectivity index (χ3v) is 3.04. The molecule has 22 heavy (non-hydrogen) atoms. The summed E-state index contributed by atoms with van der Waals surface area (Å²) in [6.07, 6.45) is -0.726. The van der Waals surface area contributed by atoms with Gasteiger partial charge in [-0.2, -0.15) is 10.5 Å². The predicted octanol–water partition coefficient (Wildman–Crippen LogP) is 3.24. The number of hydrogen-bond donors (Lipinski definition) is 2. The average Bonchev–Trinajstić information content (AvgIpc) is 2.54. The molecule has 108 valence electrons. The van der Waals surface area contributed by atoms with E-state index in [0.29, 0.717) is 0 Å². The van der Waals surface area contributed by atoms with Crippen LogP contribution >= 0.6 is 12.2 Å². The summed E-state index contributed by atoms with van der Waals surface area (Å²) in [5.74, 6) is 0.101. The molecule has 1 aromatic heterocycles. The van der Waals surface area contributed by atoms with Crippen LogP contribution in [-0.2, 0) is 11.3 Å². The highest BCUT2D eigenvalue weighted by Crippen LogP contribution is 2.15. The van der Waals surface area contributed by atoms with Gasteiger partial charge >= 0.3 is 6.09 Å². The van der Waals surface area contributed by atoms with E-state index in [4.69, 9.17) is 27.5 Å². The average molecular weight is 310 g/mol. The van der Waals surface area contributed by atoms with Crippen molar-refractivity contribution in [3.8, 4) is 12.1 Å². The van der Waals surface area contributed by atoms with Gasteiger partial charge in [-0.3, -0.25) is 5.32 Å². The zero-order chi connectivity index (χ0) is 15.9. The first-order valence-electron chi connectivity index (χ1n) is 6.19. The standard InChI is InChI=1S/C15H10N4O2S/c16-7-11-6-12(8-17)14(22)18-13(11)19-15(20)21-9-10-4-2-1-3-5-10/h1-6H,9H2,(H2,18,19,20,22). The molecule has 0 fully saturated rings. The van der Waals surface area contributed by atoms with Crippen molar-refractivity contribution >= 4 is 24.1 Å². The highest BCUT2D eigenvalue weighted by atomic mass is 32.1. The predicted molar refractivity (Wildman–Crippen MR) is 81.3 cm³/mol. The highest BCUT2D eigenvalue weighted by Gasteiger charge is 2.10.